The van der Waals surface area contributed by atoms with Crippen LogP contribution in [0.2, 0.25) is 0 Å². The Balaban J connectivity index is 0.906. The monoisotopic (exact) mass is 1060 g/mol. The van der Waals surface area contributed by atoms with Gasteiger partial charge in [0.05, 0.1) is 40.0 Å². The van der Waals surface area contributed by atoms with Crippen LogP contribution in [0.3, 0.4) is 0 Å². The fourth-order valence-corrected chi connectivity index (χ4v) is 10.9. The fourth-order valence-electron chi connectivity index (χ4n) is 10.1. The number of nitrogens with zero attached hydrogens (tertiary/aromatic N) is 3. The number of alkyl carbamates (subject to hydrolysis) is 1. The summed E-state index contributed by atoms with van der Waals surface area (Å²) in [4.78, 5) is 103. The van der Waals surface area contributed by atoms with Crippen molar-refractivity contribution in [2.75, 3.05) is 18.1 Å². The second kappa shape index (κ2) is 24.4. The number of aromatic nitrogens is 1. The van der Waals surface area contributed by atoms with Gasteiger partial charge < -0.3 is 46.5 Å². The maximum Gasteiger partial charge on any atom is 0.408 e. The van der Waals surface area contributed by atoms with Crippen LogP contribution >= 0.6 is 11.3 Å². The normalized spacial score (nSPS) is 19.4. The van der Waals surface area contributed by atoms with Gasteiger partial charge in [-0.3, -0.25) is 33.7 Å². The summed E-state index contributed by atoms with van der Waals surface area (Å²) >= 11 is 1.56. The van der Waals surface area contributed by atoms with E-state index in [9.17, 15) is 38.7 Å². The van der Waals surface area contributed by atoms with Gasteiger partial charge in [-0.25, -0.2) is 9.78 Å². The quantitative estimate of drug-likeness (QED) is 0.0550. The molecule has 4 heterocycles. The first-order valence-electron chi connectivity index (χ1n) is 26.3. The zero-order chi connectivity index (χ0) is 55.1. The van der Waals surface area contributed by atoms with Gasteiger partial charge in [0.2, 0.25) is 35.4 Å². The number of nitrogens with one attached hydrogen (secondary N) is 4. The average molecular weight is 1060 g/mol. The molecule has 0 radical (unpaired) electrons. The number of hydrogen-bond donors (Lipinski definition) is 6. The minimum Gasteiger partial charge on any atom is -0.491 e. The molecule has 7 rings (SSSR count). The Bertz CT molecular complexity index is 2770. The summed E-state index contributed by atoms with van der Waals surface area (Å²) in [7, 11) is 0. The number of hydrogen-bond acceptors (Lipinski definition) is 12. The number of thiazole rings is 1. The van der Waals surface area contributed by atoms with Gasteiger partial charge in [0.25, 0.3) is 0 Å². The zero-order valence-electron chi connectivity index (χ0n) is 44.9. The first-order chi connectivity index (χ1) is 35.9. The number of aliphatic hydroxyl groups is 1. The molecule has 0 spiro atoms. The maximum atomic E-state index is 14.3. The van der Waals surface area contributed by atoms with Gasteiger partial charge in [-0.15, -0.1) is 11.3 Å². The lowest BCUT2D eigenvalue weighted by atomic mass is 9.85. The highest BCUT2D eigenvalue weighted by atomic mass is 32.1. The summed E-state index contributed by atoms with van der Waals surface area (Å²) in [6.07, 6.45) is 1.65. The molecule has 3 aromatic carbocycles. The number of carbonyl (C=O) groups is 7. The molecule has 7 atom stereocenters. The van der Waals surface area contributed by atoms with Gasteiger partial charge in [0.1, 0.15) is 42.1 Å². The lowest BCUT2D eigenvalue weighted by molar-refractivity contribution is -0.144. The first-order valence-corrected chi connectivity index (χ1v) is 27.2. The molecular weight excluding hydrogens is 989 g/mol. The first kappa shape index (κ1) is 56.9. The second-order valence-corrected chi connectivity index (χ2v) is 23.2. The third-order valence-electron chi connectivity index (χ3n) is 14.0. The molecule has 7 amide bonds. The number of para-hydroxylation sites is 1. The lowest BCUT2D eigenvalue weighted by Gasteiger charge is -2.35. The Morgan fingerprint density at radius 2 is 1.61 bits per heavy atom. The predicted octanol–water partition coefficient (Wildman–Crippen LogP) is 6.13. The highest BCUT2D eigenvalue weighted by molar-refractivity contribution is 7.13. The number of aryl methyl sites for hydroxylation is 3. The third-order valence-corrected chi connectivity index (χ3v) is 15.0. The van der Waals surface area contributed by atoms with Crippen LogP contribution in [-0.2, 0) is 52.8 Å². The molecule has 1 fully saturated rings. The van der Waals surface area contributed by atoms with Crippen molar-refractivity contribution < 1.29 is 48.1 Å². The molecule has 7 N–H and O–H groups in total. The van der Waals surface area contributed by atoms with Crippen LogP contribution in [0.1, 0.15) is 127 Å². The Hall–Kier alpha value is -6.86. The van der Waals surface area contributed by atoms with Crippen LogP contribution in [0.4, 0.5) is 10.5 Å². The van der Waals surface area contributed by atoms with Crippen molar-refractivity contribution in [3.05, 3.63) is 100 Å². The standard InChI is InChI=1S/C57H74N8O10S/c1-33(36-19-21-38(22-20-36)49-34(2)59-32-76-49)60-51(69)44-29-41(66)30-64(44)54(72)50(56(3,4)5)63-47(68)18-10-9-13-35-14-11-17-42(27-35)74-31-40(24-26-46(58)67)61-52(70)45-28-39-16-12-15-37-23-25-43(53(71)65(45)48(37)39)62-55(73)75-57(6,7)8/h11-12,14-17,19-22,27,32-33,40-41,43-45,50,66H,9-10,13,18,23-26,28-31H2,1-8H3,(H2,58,67)(H,60,69)(H,61,70)(H,62,73)(H,63,68)/t33-,40-,41+,43-,44-,45-,50+/m0/s1. The van der Waals surface area contributed by atoms with Crippen molar-refractivity contribution in [3.8, 4) is 16.2 Å². The summed E-state index contributed by atoms with van der Waals surface area (Å²) in [6, 6.07) is 16.4. The number of primary amides is 1. The fraction of sp³-hybridized carbons (Fsp3) is 0.509. The molecular formula is C57H74N8O10S. The molecule has 1 saturated heterocycles. The number of rotatable bonds is 20. The predicted molar refractivity (Wildman–Crippen MR) is 289 cm³/mol. The number of nitrogens with two attached hydrogens (primary N) is 1. The van der Waals surface area contributed by atoms with Crippen molar-refractivity contribution in [2.24, 2.45) is 11.1 Å². The number of unbranched alkanes of at least 4 members (excludes halogenated alkanes) is 1. The lowest BCUT2D eigenvalue weighted by Crippen LogP contribution is -2.57. The molecule has 19 heteroatoms. The number of aliphatic hydroxyl groups excluding tert-OH is 1. The molecule has 408 valence electrons. The summed E-state index contributed by atoms with van der Waals surface area (Å²) in [5, 5.41) is 22.5. The van der Waals surface area contributed by atoms with E-state index in [1.807, 2.05) is 101 Å². The van der Waals surface area contributed by atoms with E-state index in [0.29, 0.717) is 43.5 Å². The average Bonchev–Trinajstić information content (AvgIpc) is 4.09. The van der Waals surface area contributed by atoms with Crippen molar-refractivity contribution in [1.82, 2.24) is 31.2 Å². The highest BCUT2D eigenvalue weighted by Crippen LogP contribution is 2.39. The molecule has 4 aromatic rings. The summed E-state index contributed by atoms with van der Waals surface area (Å²) < 4.78 is 11.7. The summed E-state index contributed by atoms with van der Waals surface area (Å²) in [6.45, 7) is 14.6. The van der Waals surface area contributed by atoms with Crippen LogP contribution in [0.15, 0.2) is 72.2 Å². The van der Waals surface area contributed by atoms with E-state index in [1.54, 1.807) is 38.2 Å². The Morgan fingerprint density at radius 3 is 2.29 bits per heavy atom. The molecule has 0 unspecified atom stereocenters. The van der Waals surface area contributed by atoms with Gasteiger partial charge >= 0.3 is 6.09 Å². The Labute approximate surface area is 449 Å². The third kappa shape index (κ3) is 14.5. The molecule has 1 aromatic heterocycles. The van der Waals surface area contributed by atoms with Crippen molar-refractivity contribution in [2.45, 2.75) is 168 Å². The van der Waals surface area contributed by atoms with Gasteiger partial charge in [0, 0.05) is 32.2 Å². The van der Waals surface area contributed by atoms with Crippen LogP contribution < -0.4 is 36.6 Å². The van der Waals surface area contributed by atoms with Crippen molar-refractivity contribution >= 4 is 58.6 Å². The Morgan fingerprint density at radius 1 is 0.895 bits per heavy atom. The van der Waals surface area contributed by atoms with Gasteiger partial charge in [-0.1, -0.05) is 75.4 Å². The van der Waals surface area contributed by atoms with Gasteiger partial charge in [-0.2, -0.15) is 0 Å². The number of β-amino-alcohol motifs (C(OH)–C–C–N with tert-alkyl or cyclic N) is 1. The van der Waals surface area contributed by atoms with E-state index < -0.39 is 77.1 Å². The largest absolute Gasteiger partial charge is 0.491 e. The molecule has 3 aliphatic rings. The molecule has 0 saturated carbocycles. The number of anilines is 1. The van der Waals surface area contributed by atoms with Crippen molar-refractivity contribution in [3.63, 3.8) is 0 Å². The SMILES string of the molecule is Cc1ncsc1-c1ccc([C@H](C)NC(=O)[C@@H]2C[C@@H](O)CN2C(=O)[C@@H](NC(=O)CCCCc2cccc(OC[C@H](CCC(N)=O)NC(=O)[C@@H]3Cc4cccc5c4N3C(=O)[C@@H](NC(=O)OC(C)(C)C)CC5)c2)C(C)(C)C)cc1. The number of amides is 7. The number of likely N-dealkylation sites (tertiary alicyclic amines) is 1. The van der Waals surface area contributed by atoms with E-state index in [1.165, 1.54) is 9.80 Å². The topological polar surface area (TPSA) is 252 Å². The molecule has 0 aliphatic carbocycles. The van der Waals surface area contributed by atoms with Gasteiger partial charge in [0.15, 0.2) is 0 Å². The summed E-state index contributed by atoms with van der Waals surface area (Å²) in [5.74, 6) is -1.98. The van der Waals surface area contributed by atoms with E-state index in [-0.39, 0.29) is 63.1 Å². The van der Waals surface area contributed by atoms with Crippen LogP contribution in [0, 0.1) is 12.3 Å². The second-order valence-electron chi connectivity index (χ2n) is 22.3. The number of ether oxygens (including phenoxy) is 2. The van der Waals surface area contributed by atoms with E-state index in [2.05, 4.69) is 26.3 Å². The molecule has 0 bridgehead atoms. The van der Waals surface area contributed by atoms with Crippen molar-refractivity contribution in [1.29, 1.82) is 0 Å². The van der Waals surface area contributed by atoms with Gasteiger partial charge in [-0.05, 0) is 119 Å². The highest BCUT2D eigenvalue weighted by Gasteiger charge is 2.46. The van der Waals surface area contributed by atoms with E-state index in [0.717, 1.165) is 38.4 Å². The van der Waals surface area contributed by atoms with Crippen LogP contribution in [0.5, 0.6) is 5.75 Å². The summed E-state index contributed by atoms with van der Waals surface area (Å²) in [5.41, 5.74) is 12.1. The molecule has 76 heavy (non-hydrogen) atoms. The maximum absolute atomic E-state index is 14.3. The van der Waals surface area contributed by atoms with Crippen LogP contribution in [0.25, 0.3) is 10.4 Å². The number of benzene rings is 3. The van der Waals surface area contributed by atoms with E-state index >= 15 is 0 Å². The minimum atomic E-state index is -0.953. The Kier molecular flexibility index (Phi) is 18.3. The molecule has 3 aliphatic heterocycles. The van der Waals surface area contributed by atoms with Crippen LogP contribution in [-0.4, -0.2) is 112 Å². The molecule has 18 nitrogen and oxygen atoms in total. The number of carbonyl (C=O) groups excluding carboxylic acids is 7. The van der Waals surface area contributed by atoms with E-state index in [4.69, 9.17) is 15.2 Å². The smallest absolute Gasteiger partial charge is 0.408 e. The minimum absolute atomic E-state index is 0.00207. The zero-order valence-corrected chi connectivity index (χ0v) is 45.7.